The molecule has 3 rings (SSSR count). The minimum absolute atomic E-state index is 0.0487. The molecule has 1 atom stereocenters. The number of benzene rings is 2. The second-order valence-corrected chi connectivity index (χ2v) is 6.21. The highest BCUT2D eigenvalue weighted by atomic mass is 15.1. The van der Waals surface area contributed by atoms with Gasteiger partial charge in [-0.1, -0.05) is 60.2 Å². The van der Waals surface area contributed by atoms with Gasteiger partial charge in [-0.2, -0.15) is 10.2 Å². The van der Waals surface area contributed by atoms with E-state index in [1.807, 2.05) is 36.4 Å². The van der Waals surface area contributed by atoms with Gasteiger partial charge < -0.3 is 4.90 Å². The predicted molar refractivity (Wildman–Crippen MR) is 99.2 cm³/mol. The number of likely N-dealkylation sites (N-methyl/N-ethyl adjacent to an activating group) is 1. The van der Waals surface area contributed by atoms with Crippen molar-refractivity contribution in [2.75, 3.05) is 14.1 Å². The van der Waals surface area contributed by atoms with Gasteiger partial charge in [0.05, 0.1) is 11.7 Å². The van der Waals surface area contributed by atoms with Crippen LogP contribution in [0, 0.1) is 0 Å². The highest BCUT2D eigenvalue weighted by Gasteiger charge is 2.16. The van der Waals surface area contributed by atoms with Crippen molar-refractivity contribution in [2.24, 2.45) is 10.2 Å². The largest absolute Gasteiger partial charge is 0.378 e. The lowest BCUT2D eigenvalue weighted by Gasteiger charge is -2.13. The van der Waals surface area contributed by atoms with Crippen molar-refractivity contribution in [3.8, 4) is 0 Å². The summed E-state index contributed by atoms with van der Waals surface area (Å²) < 4.78 is 0. The van der Waals surface area contributed by atoms with Crippen molar-refractivity contribution >= 4 is 5.69 Å². The zero-order valence-corrected chi connectivity index (χ0v) is 14.3. The van der Waals surface area contributed by atoms with Gasteiger partial charge in [-0.15, -0.1) is 0 Å². The fourth-order valence-corrected chi connectivity index (χ4v) is 2.80. The van der Waals surface area contributed by atoms with E-state index in [1.54, 1.807) is 0 Å². The molecule has 1 aliphatic rings. The summed E-state index contributed by atoms with van der Waals surface area (Å²) in [4.78, 5) is 2.15. The monoisotopic (exact) mass is 317 g/mol. The molecule has 1 unspecified atom stereocenters. The van der Waals surface area contributed by atoms with Crippen LogP contribution in [-0.4, -0.2) is 19.0 Å². The smallest absolute Gasteiger partial charge is 0.0999 e. The topological polar surface area (TPSA) is 28.0 Å². The van der Waals surface area contributed by atoms with E-state index in [0.29, 0.717) is 0 Å². The summed E-state index contributed by atoms with van der Waals surface area (Å²) in [7, 11) is 4.16. The van der Waals surface area contributed by atoms with E-state index in [0.717, 1.165) is 18.5 Å². The van der Waals surface area contributed by atoms with Gasteiger partial charge in [-0.05, 0) is 36.6 Å². The van der Waals surface area contributed by atoms with E-state index < -0.39 is 0 Å². The molecule has 2 aromatic carbocycles. The molecule has 0 amide bonds. The van der Waals surface area contributed by atoms with E-state index in [1.165, 1.54) is 16.8 Å². The van der Waals surface area contributed by atoms with Crippen LogP contribution in [0.2, 0.25) is 0 Å². The Hall–Kier alpha value is -2.68. The van der Waals surface area contributed by atoms with Crippen LogP contribution in [0.4, 0.5) is 5.69 Å². The number of hydrogen-bond donors (Lipinski definition) is 0. The molecule has 0 aliphatic heterocycles. The normalized spacial score (nSPS) is 15.2. The van der Waals surface area contributed by atoms with E-state index in [-0.39, 0.29) is 6.04 Å². The molecule has 0 fully saturated rings. The predicted octanol–water partition coefficient (Wildman–Crippen LogP) is 5.68. The lowest BCUT2D eigenvalue weighted by Crippen LogP contribution is -2.07. The molecule has 1 aliphatic carbocycles. The molecule has 0 N–H and O–H groups in total. The average molecular weight is 317 g/mol. The second-order valence-electron chi connectivity index (χ2n) is 6.21. The molecule has 0 bridgehead atoms. The van der Waals surface area contributed by atoms with Crippen molar-refractivity contribution in [2.45, 2.75) is 18.9 Å². The van der Waals surface area contributed by atoms with Crippen LogP contribution in [0.25, 0.3) is 0 Å². The van der Waals surface area contributed by atoms with E-state index in [9.17, 15) is 0 Å². The first-order valence-corrected chi connectivity index (χ1v) is 8.30. The van der Waals surface area contributed by atoms with E-state index in [4.69, 9.17) is 0 Å². The highest BCUT2D eigenvalue weighted by molar-refractivity contribution is 5.36. The van der Waals surface area contributed by atoms with Crippen molar-refractivity contribution in [1.82, 2.24) is 4.90 Å². The molecule has 0 saturated heterocycles. The third kappa shape index (κ3) is 4.19. The van der Waals surface area contributed by atoms with Gasteiger partial charge in [0.25, 0.3) is 0 Å². The molecule has 0 aromatic heterocycles. The van der Waals surface area contributed by atoms with Crippen molar-refractivity contribution in [3.05, 3.63) is 89.6 Å². The quantitative estimate of drug-likeness (QED) is 0.630. The average Bonchev–Trinajstić information content (AvgIpc) is 3.09. The Morgan fingerprint density at radius 2 is 1.62 bits per heavy atom. The van der Waals surface area contributed by atoms with E-state index >= 15 is 0 Å². The summed E-state index contributed by atoms with van der Waals surface area (Å²) in [6, 6.07) is 20.4. The molecule has 24 heavy (non-hydrogen) atoms. The van der Waals surface area contributed by atoms with Gasteiger partial charge in [0.2, 0.25) is 0 Å². The highest BCUT2D eigenvalue weighted by Crippen LogP contribution is 2.31. The van der Waals surface area contributed by atoms with Crippen LogP contribution < -0.4 is 0 Å². The number of nitrogens with zero attached hydrogens (tertiary/aromatic N) is 3. The van der Waals surface area contributed by atoms with Gasteiger partial charge in [0, 0.05) is 19.8 Å². The molecule has 3 heteroatoms. The third-order valence-electron chi connectivity index (χ3n) is 4.15. The molecule has 2 aromatic rings. The number of hydrogen-bond acceptors (Lipinski definition) is 3. The molecule has 122 valence electrons. The summed E-state index contributed by atoms with van der Waals surface area (Å²) in [6.07, 6.45) is 6.44. The lowest BCUT2D eigenvalue weighted by molar-refractivity contribution is 0.530. The third-order valence-corrected chi connectivity index (χ3v) is 4.15. The Kier molecular flexibility index (Phi) is 5.22. The van der Waals surface area contributed by atoms with Gasteiger partial charge in [-0.25, -0.2) is 0 Å². The second kappa shape index (κ2) is 7.73. The van der Waals surface area contributed by atoms with Crippen LogP contribution in [0.1, 0.15) is 24.4 Å². The zero-order valence-electron chi connectivity index (χ0n) is 14.3. The Morgan fingerprint density at radius 3 is 2.25 bits per heavy atom. The van der Waals surface area contributed by atoms with Crippen LogP contribution >= 0.6 is 0 Å². The fourth-order valence-electron chi connectivity index (χ4n) is 2.80. The molecule has 0 spiro atoms. The summed E-state index contributed by atoms with van der Waals surface area (Å²) in [5.74, 6) is 0. The Balaban J connectivity index is 1.79. The van der Waals surface area contributed by atoms with Crippen LogP contribution in [0.3, 0.4) is 0 Å². The van der Waals surface area contributed by atoms with Crippen molar-refractivity contribution in [1.29, 1.82) is 0 Å². The first kappa shape index (κ1) is 16.2. The molecular weight excluding hydrogens is 294 g/mol. The van der Waals surface area contributed by atoms with Gasteiger partial charge >= 0.3 is 0 Å². The molecule has 0 saturated carbocycles. The van der Waals surface area contributed by atoms with Crippen LogP contribution in [0.5, 0.6) is 0 Å². The maximum atomic E-state index is 4.64. The summed E-state index contributed by atoms with van der Waals surface area (Å²) in [5, 5.41) is 9.09. The van der Waals surface area contributed by atoms with Crippen molar-refractivity contribution in [3.63, 3.8) is 0 Å². The minimum atomic E-state index is 0.0487. The molecule has 0 heterocycles. The lowest BCUT2D eigenvalue weighted by atomic mass is 9.99. The minimum Gasteiger partial charge on any atom is -0.378 e. The maximum Gasteiger partial charge on any atom is 0.0999 e. The summed E-state index contributed by atoms with van der Waals surface area (Å²) >= 11 is 0. The van der Waals surface area contributed by atoms with E-state index in [2.05, 4.69) is 65.6 Å². The summed E-state index contributed by atoms with van der Waals surface area (Å²) in [5.41, 5.74) is 4.78. The van der Waals surface area contributed by atoms with Gasteiger partial charge in [0.15, 0.2) is 0 Å². The van der Waals surface area contributed by atoms with Crippen molar-refractivity contribution < 1.29 is 0 Å². The van der Waals surface area contributed by atoms with Gasteiger partial charge in [0.1, 0.15) is 0 Å². The first-order valence-electron chi connectivity index (χ1n) is 8.30. The molecular formula is C21H23N3. The van der Waals surface area contributed by atoms with Gasteiger partial charge in [-0.3, -0.25) is 0 Å². The Bertz CT molecular complexity index is 743. The zero-order chi connectivity index (χ0) is 16.8. The first-order chi connectivity index (χ1) is 11.7. The Morgan fingerprint density at radius 1 is 0.958 bits per heavy atom. The number of rotatable bonds is 6. The number of azo groups is 1. The summed E-state index contributed by atoms with van der Waals surface area (Å²) in [6.45, 7) is 0. The Labute approximate surface area is 144 Å². The number of allylic oxidation sites excluding steroid dienone is 2. The van der Waals surface area contributed by atoms with Crippen LogP contribution in [0.15, 0.2) is 94.3 Å². The molecule has 3 nitrogen and oxygen atoms in total. The fraction of sp³-hybridized carbons (Fsp3) is 0.238. The SMILES string of the molecule is CN(C)C1=CCC(CC(N=Nc2ccccc2)c2ccccc2)=C1. The maximum absolute atomic E-state index is 4.64. The van der Waals surface area contributed by atoms with Crippen LogP contribution in [-0.2, 0) is 0 Å². The standard InChI is InChI=1S/C21H23N3/c1-24(2)20-14-13-17(15-20)16-21(18-9-5-3-6-10-18)23-22-19-11-7-4-8-12-19/h3-12,14-15,21H,13,16H2,1-2H3. The molecule has 0 radical (unpaired) electrons.